The highest BCUT2D eigenvalue weighted by molar-refractivity contribution is 7.17. The van der Waals surface area contributed by atoms with Crippen molar-refractivity contribution in [2.75, 3.05) is 11.9 Å². The number of benzene rings is 1. The Morgan fingerprint density at radius 3 is 2.59 bits per heavy atom. The van der Waals surface area contributed by atoms with Crippen LogP contribution in [0.2, 0.25) is 0 Å². The van der Waals surface area contributed by atoms with Crippen LogP contribution in [0.3, 0.4) is 0 Å². The van der Waals surface area contributed by atoms with E-state index >= 15 is 0 Å². The van der Waals surface area contributed by atoms with Crippen LogP contribution in [0, 0.1) is 25.2 Å². The maximum Gasteiger partial charge on any atom is 0.262 e. The van der Waals surface area contributed by atoms with Gasteiger partial charge in [0.1, 0.15) is 10.8 Å². The van der Waals surface area contributed by atoms with Crippen molar-refractivity contribution in [3.8, 4) is 5.75 Å². The number of aryl methyl sites for hydroxylation is 2. The van der Waals surface area contributed by atoms with Crippen molar-refractivity contribution in [3.63, 3.8) is 0 Å². The van der Waals surface area contributed by atoms with Crippen molar-refractivity contribution >= 4 is 28.2 Å². The summed E-state index contributed by atoms with van der Waals surface area (Å²) in [5.74, 6) is 0.418. The first-order valence-electron chi connectivity index (χ1n) is 10.0. The lowest BCUT2D eigenvalue weighted by Gasteiger charge is -2.33. The van der Waals surface area contributed by atoms with Crippen molar-refractivity contribution in [1.82, 2.24) is 0 Å². The molecular weight excluding hydrogens is 384 g/mol. The van der Waals surface area contributed by atoms with E-state index in [1.54, 1.807) is 0 Å². The van der Waals surface area contributed by atoms with Gasteiger partial charge in [0.15, 0.2) is 6.61 Å². The standard InChI is InChI=1S/C23H30N2O3S/c1-13-6-8-16(10-14(13)2)28-12-19(26)25-22-20(21(24)27)17-9-7-15(23(3,4)5)11-18(17)29-22/h6,8,10,15H,7,9,11-12H2,1-5H3,(H2,24,27)(H,25,26)/t15-/m0/s1. The van der Waals surface area contributed by atoms with Gasteiger partial charge in [-0.15, -0.1) is 11.3 Å². The van der Waals surface area contributed by atoms with E-state index in [1.807, 2.05) is 32.0 Å². The smallest absolute Gasteiger partial charge is 0.262 e. The topological polar surface area (TPSA) is 81.4 Å². The maximum absolute atomic E-state index is 12.5. The van der Waals surface area contributed by atoms with Crippen LogP contribution in [-0.4, -0.2) is 18.4 Å². The highest BCUT2D eigenvalue weighted by atomic mass is 32.1. The Kier molecular flexibility index (Phi) is 6.03. The zero-order chi connectivity index (χ0) is 21.3. The van der Waals surface area contributed by atoms with E-state index < -0.39 is 5.91 Å². The third kappa shape index (κ3) is 4.81. The molecule has 1 aromatic carbocycles. The fourth-order valence-electron chi connectivity index (χ4n) is 3.79. The number of carbonyl (C=O) groups excluding carboxylic acids is 2. The molecule has 3 rings (SSSR count). The van der Waals surface area contributed by atoms with Gasteiger partial charge in [-0.05, 0) is 73.3 Å². The van der Waals surface area contributed by atoms with Gasteiger partial charge in [-0.3, -0.25) is 9.59 Å². The van der Waals surface area contributed by atoms with E-state index in [-0.39, 0.29) is 17.9 Å². The maximum atomic E-state index is 12.5. The van der Waals surface area contributed by atoms with Gasteiger partial charge >= 0.3 is 0 Å². The highest BCUT2D eigenvalue weighted by Crippen LogP contribution is 2.44. The molecule has 1 aromatic heterocycles. The monoisotopic (exact) mass is 414 g/mol. The van der Waals surface area contributed by atoms with Gasteiger partial charge in [0.2, 0.25) is 0 Å². The second-order valence-corrected chi connectivity index (χ2v) is 10.1. The molecule has 0 bridgehead atoms. The van der Waals surface area contributed by atoms with Crippen LogP contribution in [0.5, 0.6) is 5.75 Å². The minimum atomic E-state index is -0.484. The lowest BCUT2D eigenvalue weighted by Crippen LogP contribution is -2.27. The lowest BCUT2D eigenvalue weighted by molar-refractivity contribution is -0.118. The summed E-state index contributed by atoms with van der Waals surface area (Å²) in [6.07, 6.45) is 2.76. The zero-order valence-corrected chi connectivity index (χ0v) is 18.7. The van der Waals surface area contributed by atoms with E-state index in [0.717, 1.165) is 35.3 Å². The molecule has 0 spiro atoms. The van der Waals surface area contributed by atoms with Gasteiger partial charge in [-0.1, -0.05) is 26.8 Å². The fraction of sp³-hybridized carbons (Fsp3) is 0.478. The summed E-state index contributed by atoms with van der Waals surface area (Å²) in [4.78, 5) is 25.7. The first kappa shape index (κ1) is 21.4. The van der Waals surface area contributed by atoms with Gasteiger partial charge in [0, 0.05) is 4.88 Å². The molecule has 1 atom stereocenters. The highest BCUT2D eigenvalue weighted by Gasteiger charge is 2.33. The summed E-state index contributed by atoms with van der Waals surface area (Å²) in [5.41, 5.74) is 9.63. The molecule has 2 amide bonds. The van der Waals surface area contributed by atoms with Crippen LogP contribution in [0.1, 0.15) is 59.1 Å². The predicted molar refractivity (Wildman–Crippen MR) is 118 cm³/mol. The number of nitrogens with two attached hydrogens (primary N) is 1. The minimum Gasteiger partial charge on any atom is -0.484 e. The number of hydrogen-bond acceptors (Lipinski definition) is 4. The summed E-state index contributed by atoms with van der Waals surface area (Å²) in [7, 11) is 0. The van der Waals surface area contributed by atoms with Gasteiger partial charge < -0.3 is 15.8 Å². The normalized spacial score (nSPS) is 16.2. The van der Waals surface area contributed by atoms with Crippen molar-refractivity contribution in [3.05, 3.63) is 45.3 Å². The van der Waals surface area contributed by atoms with Crippen LogP contribution in [0.15, 0.2) is 18.2 Å². The molecule has 0 saturated carbocycles. The number of hydrogen-bond donors (Lipinski definition) is 2. The average molecular weight is 415 g/mol. The molecule has 0 radical (unpaired) electrons. The first-order valence-corrected chi connectivity index (χ1v) is 10.8. The van der Waals surface area contributed by atoms with E-state index in [1.165, 1.54) is 16.9 Å². The van der Waals surface area contributed by atoms with Crippen LogP contribution < -0.4 is 15.8 Å². The number of anilines is 1. The average Bonchev–Trinajstić information content (AvgIpc) is 2.99. The second-order valence-electron chi connectivity index (χ2n) is 8.96. The van der Waals surface area contributed by atoms with E-state index in [2.05, 4.69) is 26.1 Å². The summed E-state index contributed by atoms with van der Waals surface area (Å²) in [5, 5.41) is 3.40. The summed E-state index contributed by atoms with van der Waals surface area (Å²) in [6, 6.07) is 5.72. The van der Waals surface area contributed by atoms with Crippen molar-refractivity contribution < 1.29 is 14.3 Å². The fourth-order valence-corrected chi connectivity index (χ4v) is 5.14. The van der Waals surface area contributed by atoms with Crippen LogP contribution in [0.25, 0.3) is 0 Å². The Labute approximate surface area is 176 Å². The Morgan fingerprint density at radius 1 is 1.24 bits per heavy atom. The van der Waals surface area contributed by atoms with Crippen molar-refractivity contribution in [2.24, 2.45) is 17.1 Å². The number of fused-ring (bicyclic) bond motifs is 1. The SMILES string of the molecule is Cc1ccc(OCC(=O)Nc2sc3c(c2C(N)=O)CC[C@H](C(C)(C)C)C3)cc1C. The van der Waals surface area contributed by atoms with Crippen LogP contribution in [-0.2, 0) is 17.6 Å². The third-order valence-electron chi connectivity index (χ3n) is 5.84. The molecule has 1 aliphatic rings. The Balaban J connectivity index is 1.73. The molecule has 1 heterocycles. The van der Waals surface area contributed by atoms with Gasteiger partial charge in [0.05, 0.1) is 5.56 Å². The number of amides is 2. The van der Waals surface area contributed by atoms with Gasteiger partial charge in [0.25, 0.3) is 11.8 Å². The van der Waals surface area contributed by atoms with E-state index in [9.17, 15) is 9.59 Å². The molecule has 2 aromatic rings. The van der Waals surface area contributed by atoms with E-state index in [4.69, 9.17) is 10.5 Å². The molecule has 0 aliphatic heterocycles. The molecule has 1 aliphatic carbocycles. The Bertz CT molecular complexity index is 940. The number of ether oxygens (including phenoxy) is 1. The molecule has 3 N–H and O–H groups in total. The lowest BCUT2D eigenvalue weighted by atomic mass is 9.72. The largest absolute Gasteiger partial charge is 0.484 e. The molecule has 0 saturated heterocycles. The zero-order valence-electron chi connectivity index (χ0n) is 17.8. The van der Waals surface area contributed by atoms with Crippen LogP contribution >= 0.6 is 11.3 Å². The summed E-state index contributed by atoms with van der Waals surface area (Å²) >= 11 is 1.48. The molecule has 29 heavy (non-hydrogen) atoms. The Hall–Kier alpha value is -2.34. The molecule has 5 nitrogen and oxygen atoms in total. The van der Waals surface area contributed by atoms with Gasteiger partial charge in [-0.25, -0.2) is 0 Å². The molecule has 0 unspecified atom stereocenters. The molecule has 6 heteroatoms. The quantitative estimate of drug-likeness (QED) is 0.748. The number of nitrogens with one attached hydrogen (secondary N) is 1. The second kappa shape index (κ2) is 8.19. The molecule has 0 fully saturated rings. The van der Waals surface area contributed by atoms with Crippen LogP contribution in [0.4, 0.5) is 5.00 Å². The van der Waals surface area contributed by atoms with E-state index in [0.29, 0.717) is 22.2 Å². The first-order chi connectivity index (χ1) is 13.6. The number of rotatable bonds is 5. The minimum absolute atomic E-state index is 0.117. The number of primary amides is 1. The number of thiophene rings is 1. The summed E-state index contributed by atoms with van der Waals surface area (Å²) in [6.45, 7) is 10.7. The third-order valence-corrected chi connectivity index (χ3v) is 7.01. The van der Waals surface area contributed by atoms with Crippen molar-refractivity contribution in [2.45, 2.75) is 53.9 Å². The summed E-state index contributed by atoms with van der Waals surface area (Å²) < 4.78 is 5.62. The molecular formula is C23H30N2O3S. The number of carbonyl (C=O) groups is 2. The molecule has 156 valence electrons. The van der Waals surface area contributed by atoms with Crippen molar-refractivity contribution in [1.29, 1.82) is 0 Å². The van der Waals surface area contributed by atoms with Gasteiger partial charge in [-0.2, -0.15) is 0 Å². The predicted octanol–water partition coefficient (Wildman–Crippen LogP) is 4.63. The Morgan fingerprint density at radius 2 is 1.97 bits per heavy atom.